The van der Waals surface area contributed by atoms with E-state index < -0.39 is 0 Å². The number of nitrogens with two attached hydrogens (primary N) is 1. The molecule has 132 valence electrons. The third-order valence-corrected chi connectivity index (χ3v) is 5.59. The zero-order valence-corrected chi connectivity index (χ0v) is 16.2. The van der Waals surface area contributed by atoms with Crippen molar-refractivity contribution in [2.24, 2.45) is 5.73 Å². The van der Waals surface area contributed by atoms with E-state index >= 15 is 0 Å². The highest BCUT2D eigenvalue weighted by Gasteiger charge is 2.21. The molecule has 0 radical (unpaired) electrons. The number of anilines is 1. The van der Waals surface area contributed by atoms with Gasteiger partial charge in [0, 0.05) is 35.3 Å². The van der Waals surface area contributed by atoms with Gasteiger partial charge in [0.15, 0.2) is 0 Å². The Balaban J connectivity index is 1.70. The van der Waals surface area contributed by atoms with Gasteiger partial charge in [-0.3, -0.25) is 4.90 Å². The molecule has 1 atom stereocenters. The molecule has 3 rings (SSSR count). The van der Waals surface area contributed by atoms with Gasteiger partial charge in [-0.25, -0.2) is 0 Å². The van der Waals surface area contributed by atoms with E-state index in [1.807, 2.05) is 0 Å². The highest BCUT2D eigenvalue weighted by Crippen LogP contribution is 2.28. The first-order valence-corrected chi connectivity index (χ1v) is 10.3. The molecule has 0 aromatic heterocycles. The Morgan fingerprint density at radius 2 is 2.04 bits per heavy atom. The Hall–Kier alpha value is -1.56. The predicted molar refractivity (Wildman–Crippen MR) is 112 cm³/mol. The smallest absolute Gasteiger partial charge is 0.107 e. The van der Waals surface area contributed by atoms with Crippen LogP contribution in [0.3, 0.4) is 0 Å². The Labute approximate surface area is 160 Å². The van der Waals surface area contributed by atoms with Gasteiger partial charge in [0.05, 0.1) is 0 Å². The van der Waals surface area contributed by atoms with E-state index in [2.05, 4.69) is 65.0 Å². The Kier molecular flexibility index (Phi) is 6.34. The second-order valence-electron chi connectivity index (χ2n) is 6.45. The number of hydrogen-bond acceptors (Lipinski definition) is 4. The quantitative estimate of drug-likeness (QED) is 0.590. The maximum absolute atomic E-state index is 5.99. The summed E-state index contributed by atoms with van der Waals surface area (Å²) in [4.78, 5) is 4.12. The molecule has 2 aromatic rings. The molecule has 1 aliphatic heterocycles. The third kappa shape index (κ3) is 4.75. The van der Waals surface area contributed by atoms with Gasteiger partial charge >= 0.3 is 0 Å². The summed E-state index contributed by atoms with van der Waals surface area (Å²) >= 11 is 6.98. The maximum Gasteiger partial charge on any atom is 0.107 e. The summed E-state index contributed by atoms with van der Waals surface area (Å²) in [7, 11) is 0. The lowest BCUT2D eigenvalue weighted by Gasteiger charge is -2.34. The minimum Gasteiger partial charge on any atom is -0.389 e. The van der Waals surface area contributed by atoms with Crippen molar-refractivity contribution in [2.45, 2.75) is 30.3 Å². The number of nitrogens with zero attached hydrogens (tertiary/aromatic N) is 1. The Morgan fingerprint density at radius 3 is 2.76 bits per heavy atom. The molecule has 5 heteroatoms. The van der Waals surface area contributed by atoms with Crippen LogP contribution in [0.15, 0.2) is 53.4 Å². The van der Waals surface area contributed by atoms with Gasteiger partial charge in [0.25, 0.3) is 0 Å². The molecule has 0 saturated carbocycles. The van der Waals surface area contributed by atoms with Gasteiger partial charge in [-0.2, -0.15) is 0 Å². The van der Waals surface area contributed by atoms with Crippen molar-refractivity contribution in [2.75, 3.05) is 24.7 Å². The van der Waals surface area contributed by atoms with Crippen molar-refractivity contribution in [1.82, 2.24) is 4.90 Å². The molecule has 1 fully saturated rings. The molecule has 0 amide bonds. The second kappa shape index (κ2) is 8.70. The molecule has 3 N–H and O–H groups in total. The Morgan fingerprint density at radius 1 is 1.24 bits per heavy atom. The molecule has 3 nitrogen and oxygen atoms in total. The minimum atomic E-state index is 0.419. The molecule has 0 aliphatic carbocycles. The van der Waals surface area contributed by atoms with Crippen LogP contribution in [0.4, 0.5) is 5.69 Å². The zero-order chi connectivity index (χ0) is 17.6. The molecule has 25 heavy (non-hydrogen) atoms. The fraction of sp³-hybridized carbons (Fsp3) is 0.350. The molecule has 1 heterocycles. The number of rotatable bonds is 6. The summed E-state index contributed by atoms with van der Waals surface area (Å²) in [6.07, 6.45) is 4.43. The molecular formula is C20H25N3S2. The molecule has 2 aromatic carbocycles. The summed E-state index contributed by atoms with van der Waals surface area (Å²) in [6.45, 7) is 3.20. The number of hydrogen-bond donors (Lipinski definition) is 2. The second-order valence-corrected chi connectivity index (χ2v) is 7.74. The lowest BCUT2D eigenvalue weighted by molar-refractivity contribution is 0.208. The number of nitrogens with one attached hydrogen (secondary N) is 1. The van der Waals surface area contributed by atoms with Crippen LogP contribution < -0.4 is 11.1 Å². The van der Waals surface area contributed by atoms with Crippen LogP contribution >= 0.6 is 24.0 Å². The van der Waals surface area contributed by atoms with Crippen molar-refractivity contribution < 1.29 is 0 Å². The van der Waals surface area contributed by atoms with Crippen LogP contribution in [-0.4, -0.2) is 35.3 Å². The van der Waals surface area contributed by atoms with Crippen LogP contribution in [0.25, 0.3) is 0 Å². The van der Waals surface area contributed by atoms with Crippen LogP contribution in [0.5, 0.6) is 0 Å². The Bertz CT molecular complexity index is 718. The normalized spacial score (nSPS) is 18.0. The van der Waals surface area contributed by atoms with Crippen molar-refractivity contribution >= 4 is 34.7 Å². The molecule has 1 aliphatic rings. The topological polar surface area (TPSA) is 41.3 Å². The van der Waals surface area contributed by atoms with Crippen LogP contribution in [-0.2, 0) is 6.54 Å². The fourth-order valence-corrected chi connectivity index (χ4v) is 4.38. The van der Waals surface area contributed by atoms with E-state index in [9.17, 15) is 0 Å². The summed E-state index contributed by atoms with van der Waals surface area (Å²) < 4.78 is 0. The number of thiocarbonyl (C=S) groups is 1. The predicted octanol–water partition coefficient (Wildman–Crippen LogP) is 4.12. The average molecular weight is 372 g/mol. The van der Waals surface area contributed by atoms with Gasteiger partial charge in [-0.05, 0) is 43.3 Å². The zero-order valence-electron chi connectivity index (χ0n) is 14.6. The van der Waals surface area contributed by atoms with Crippen molar-refractivity contribution in [1.29, 1.82) is 0 Å². The number of piperidine rings is 1. The third-order valence-electron chi connectivity index (χ3n) is 4.61. The molecule has 0 bridgehead atoms. The lowest BCUT2D eigenvalue weighted by Crippen LogP contribution is -2.41. The first kappa shape index (κ1) is 18.2. The fourth-order valence-electron chi connectivity index (χ4n) is 3.45. The van der Waals surface area contributed by atoms with E-state index in [-0.39, 0.29) is 0 Å². The number of likely N-dealkylation sites (tertiary alicyclic amines) is 1. The SMILES string of the molecule is CSc1cccc(NC2CCCN(Cc3ccccc3)C2)c1C(N)=S. The summed E-state index contributed by atoms with van der Waals surface area (Å²) in [5, 5.41) is 3.70. The van der Waals surface area contributed by atoms with Crippen molar-refractivity contribution in [3.8, 4) is 0 Å². The monoisotopic (exact) mass is 371 g/mol. The molecule has 1 unspecified atom stereocenters. The highest BCUT2D eigenvalue weighted by molar-refractivity contribution is 7.98. The van der Waals surface area contributed by atoms with Crippen LogP contribution in [0, 0.1) is 0 Å². The van der Waals surface area contributed by atoms with E-state index in [0.29, 0.717) is 11.0 Å². The average Bonchev–Trinajstić information content (AvgIpc) is 2.62. The molecular weight excluding hydrogens is 346 g/mol. The van der Waals surface area contributed by atoms with Gasteiger partial charge in [-0.1, -0.05) is 48.6 Å². The van der Waals surface area contributed by atoms with Gasteiger partial charge in [-0.15, -0.1) is 11.8 Å². The minimum absolute atomic E-state index is 0.419. The maximum atomic E-state index is 5.99. The van der Waals surface area contributed by atoms with Crippen molar-refractivity contribution in [3.05, 3.63) is 59.7 Å². The van der Waals surface area contributed by atoms with Crippen LogP contribution in [0.2, 0.25) is 0 Å². The summed E-state index contributed by atoms with van der Waals surface area (Å²) in [5.41, 5.74) is 9.40. The summed E-state index contributed by atoms with van der Waals surface area (Å²) in [6, 6.07) is 17.3. The van der Waals surface area contributed by atoms with Crippen molar-refractivity contribution in [3.63, 3.8) is 0 Å². The van der Waals surface area contributed by atoms with Gasteiger partial charge in [0.1, 0.15) is 4.99 Å². The number of benzene rings is 2. The first-order chi connectivity index (χ1) is 12.2. The first-order valence-electron chi connectivity index (χ1n) is 8.67. The summed E-state index contributed by atoms with van der Waals surface area (Å²) in [5.74, 6) is 0. The van der Waals surface area contributed by atoms with Gasteiger partial charge < -0.3 is 11.1 Å². The molecule has 0 spiro atoms. The van der Waals surface area contributed by atoms with E-state index in [1.165, 1.54) is 18.4 Å². The lowest BCUT2D eigenvalue weighted by atomic mass is 10.0. The molecule has 1 saturated heterocycles. The number of thioether (sulfide) groups is 1. The van der Waals surface area contributed by atoms with E-state index in [1.54, 1.807) is 11.8 Å². The van der Waals surface area contributed by atoms with Gasteiger partial charge in [0.2, 0.25) is 0 Å². The largest absolute Gasteiger partial charge is 0.389 e. The van der Waals surface area contributed by atoms with E-state index in [4.69, 9.17) is 18.0 Å². The van der Waals surface area contributed by atoms with Crippen LogP contribution in [0.1, 0.15) is 24.0 Å². The standard InChI is InChI=1S/C20H25N3S2/c1-25-18-11-5-10-17(19(18)20(21)24)22-16-9-6-12-23(14-16)13-15-7-3-2-4-8-15/h2-5,7-8,10-11,16,22H,6,9,12-14H2,1H3,(H2,21,24). The van der Waals surface area contributed by atoms with E-state index in [0.717, 1.165) is 35.8 Å². The highest BCUT2D eigenvalue weighted by atomic mass is 32.2.